The summed E-state index contributed by atoms with van der Waals surface area (Å²) in [5.41, 5.74) is 24.8. The van der Waals surface area contributed by atoms with Gasteiger partial charge in [0.05, 0.1) is 5.41 Å². The Hall–Kier alpha value is -6.50. The molecule has 0 aliphatic heterocycles. The van der Waals surface area contributed by atoms with Crippen LogP contribution in [0, 0.1) is 6.92 Å². The van der Waals surface area contributed by atoms with Gasteiger partial charge in [0.25, 0.3) is 0 Å². The predicted octanol–water partition coefficient (Wildman–Crippen LogP) is 14.0. The summed E-state index contributed by atoms with van der Waals surface area (Å²) >= 11 is 0. The van der Waals surface area contributed by atoms with Gasteiger partial charge in [0.2, 0.25) is 0 Å². The molecule has 0 nitrogen and oxygen atoms in total. The van der Waals surface area contributed by atoms with Crippen LogP contribution in [0.2, 0.25) is 0 Å². The lowest BCUT2D eigenvalue weighted by Crippen LogP contribution is -2.26. The van der Waals surface area contributed by atoms with E-state index in [1.54, 1.807) is 0 Å². The molecule has 3 aliphatic rings. The lowest BCUT2D eigenvalue weighted by Gasteiger charge is -2.31. The zero-order valence-corrected chi connectivity index (χ0v) is 31.2. The van der Waals surface area contributed by atoms with Crippen molar-refractivity contribution in [2.45, 2.75) is 31.1 Å². The predicted molar refractivity (Wildman–Crippen MR) is 230 cm³/mol. The average Bonchev–Trinajstić information content (AvgIpc) is 3.83. The summed E-state index contributed by atoms with van der Waals surface area (Å²) in [6.07, 6.45) is 2.01. The van der Waals surface area contributed by atoms with Crippen LogP contribution >= 0.6 is 0 Å². The second-order valence-corrected chi connectivity index (χ2v) is 15.6. The highest BCUT2D eigenvalue weighted by atomic mass is 14.5. The highest BCUT2D eigenvalue weighted by Gasteiger charge is 2.52. The van der Waals surface area contributed by atoms with Crippen LogP contribution in [-0.4, -0.2) is 0 Å². The van der Waals surface area contributed by atoms with E-state index in [0.29, 0.717) is 5.92 Å². The maximum atomic E-state index is 4.21. The summed E-state index contributed by atoms with van der Waals surface area (Å²) in [5.74, 6) is 0.382. The summed E-state index contributed by atoms with van der Waals surface area (Å²) in [6, 6.07) is 66.5. The Bertz CT molecular complexity index is 2810. The molecule has 8 aromatic carbocycles. The number of benzene rings is 8. The van der Waals surface area contributed by atoms with Crippen molar-refractivity contribution < 1.29 is 0 Å². The topological polar surface area (TPSA) is 0 Å². The van der Waals surface area contributed by atoms with Crippen LogP contribution in [0.15, 0.2) is 183 Å². The SMILES string of the molecule is C=Cc1ccc2c(c1C)-c1ccc(C(c3ccc(-c4ccccc4)cc3)c3ccc4c(c3)C(C)c3ccccc3-4)cc1C21c2ccccc2-c2ccccc21. The van der Waals surface area contributed by atoms with Crippen molar-refractivity contribution in [2.24, 2.45) is 0 Å². The Morgan fingerprint density at radius 3 is 1.75 bits per heavy atom. The highest BCUT2D eigenvalue weighted by molar-refractivity contribution is 5.96. The van der Waals surface area contributed by atoms with Crippen LogP contribution < -0.4 is 0 Å². The second kappa shape index (κ2) is 12.0. The quantitative estimate of drug-likeness (QED) is 0.157. The van der Waals surface area contributed by atoms with Crippen LogP contribution in [-0.2, 0) is 5.41 Å². The van der Waals surface area contributed by atoms with Crippen LogP contribution in [0.25, 0.3) is 50.6 Å². The van der Waals surface area contributed by atoms with Crippen molar-refractivity contribution in [3.05, 3.63) is 244 Å². The Morgan fingerprint density at radius 1 is 0.473 bits per heavy atom. The van der Waals surface area contributed by atoms with Crippen molar-refractivity contribution in [2.75, 3.05) is 0 Å². The summed E-state index contributed by atoms with van der Waals surface area (Å²) in [6.45, 7) is 8.85. The molecule has 55 heavy (non-hydrogen) atoms. The van der Waals surface area contributed by atoms with Gasteiger partial charge in [0, 0.05) is 11.8 Å². The van der Waals surface area contributed by atoms with E-state index in [1.165, 1.54) is 106 Å². The van der Waals surface area contributed by atoms with E-state index in [9.17, 15) is 0 Å². The lowest BCUT2D eigenvalue weighted by atomic mass is 9.69. The first-order chi connectivity index (χ1) is 27.1. The largest absolute Gasteiger partial charge is 0.0985 e. The molecule has 1 spiro atoms. The standard InChI is InChI=1S/C55H40/c1-4-36-28-31-51-53(34(36)2)47-30-27-41(33-52(47)55(51)49-20-12-10-18-45(49)46-19-11-13-21-50(46)55)54(39-24-22-38(23-25-39)37-14-6-5-7-15-37)40-26-29-44-43-17-9-8-16-42(43)35(3)48(44)32-40/h4-33,35,54H,1H2,2-3H3. The van der Waals surface area contributed by atoms with Crippen molar-refractivity contribution in [3.63, 3.8) is 0 Å². The first-order valence-corrected chi connectivity index (χ1v) is 19.6. The first-order valence-electron chi connectivity index (χ1n) is 19.6. The van der Waals surface area contributed by atoms with Crippen LogP contribution in [0.3, 0.4) is 0 Å². The fourth-order valence-electron chi connectivity index (χ4n) is 10.6. The van der Waals surface area contributed by atoms with Crippen molar-refractivity contribution in [1.82, 2.24) is 0 Å². The van der Waals surface area contributed by atoms with Gasteiger partial charge in [-0.15, -0.1) is 0 Å². The van der Waals surface area contributed by atoms with E-state index in [4.69, 9.17) is 0 Å². The third kappa shape index (κ3) is 4.40. The van der Waals surface area contributed by atoms with Crippen LogP contribution in [0.5, 0.6) is 0 Å². The smallest absolute Gasteiger partial charge is 0.0725 e. The number of hydrogen-bond acceptors (Lipinski definition) is 0. The molecule has 260 valence electrons. The van der Waals surface area contributed by atoms with Gasteiger partial charge in [-0.3, -0.25) is 0 Å². The van der Waals surface area contributed by atoms with Gasteiger partial charge in [0.1, 0.15) is 0 Å². The van der Waals surface area contributed by atoms with Gasteiger partial charge in [-0.1, -0.05) is 196 Å². The first kappa shape index (κ1) is 32.0. The minimum absolute atomic E-state index is 0.0359. The summed E-state index contributed by atoms with van der Waals surface area (Å²) in [7, 11) is 0. The molecule has 0 amide bonds. The van der Waals surface area contributed by atoms with Gasteiger partial charge in [-0.2, -0.15) is 0 Å². The molecular weight excluding hydrogens is 661 g/mol. The molecule has 8 aromatic rings. The van der Waals surface area contributed by atoms with E-state index in [2.05, 4.69) is 196 Å². The fourth-order valence-corrected chi connectivity index (χ4v) is 10.6. The Kier molecular flexibility index (Phi) is 6.98. The molecule has 0 heteroatoms. The zero-order chi connectivity index (χ0) is 36.8. The molecule has 2 unspecified atom stereocenters. The maximum Gasteiger partial charge on any atom is 0.0725 e. The average molecular weight is 701 g/mol. The van der Waals surface area contributed by atoms with E-state index >= 15 is 0 Å². The van der Waals surface area contributed by atoms with E-state index in [1.807, 2.05) is 6.08 Å². The van der Waals surface area contributed by atoms with Gasteiger partial charge >= 0.3 is 0 Å². The molecule has 0 bridgehead atoms. The number of rotatable bonds is 5. The molecule has 0 radical (unpaired) electrons. The Labute approximate surface area is 324 Å². The molecule has 0 aromatic heterocycles. The third-order valence-corrected chi connectivity index (χ3v) is 13.1. The molecule has 0 fully saturated rings. The molecule has 0 N–H and O–H groups in total. The lowest BCUT2D eigenvalue weighted by molar-refractivity contribution is 0.789. The van der Waals surface area contributed by atoms with Gasteiger partial charge in [-0.05, 0) is 113 Å². The minimum atomic E-state index is -0.422. The van der Waals surface area contributed by atoms with Gasteiger partial charge < -0.3 is 0 Å². The van der Waals surface area contributed by atoms with Crippen LogP contribution in [0.1, 0.15) is 80.0 Å². The molecule has 0 heterocycles. The summed E-state index contributed by atoms with van der Waals surface area (Å²) < 4.78 is 0. The van der Waals surface area contributed by atoms with Gasteiger partial charge in [0.15, 0.2) is 0 Å². The summed E-state index contributed by atoms with van der Waals surface area (Å²) in [4.78, 5) is 0. The van der Waals surface area contributed by atoms with Crippen molar-refractivity contribution in [1.29, 1.82) is 0 Å². The Morgan fingerprint density at radius 2 is 1.04 bits per heavy atom. The highest BCUT2D eigenvalue weighted by Crippen LogP contribution is 2.64. The van der Waals surface area contributed by atoms with Crippen molar-refractivity contribution in [3.8, 4) is 44.5 Å². The van der Waals surface area contributed by atoms with Crippen molar-refractivity contribution >= 4 is 6.08 Å². The van der Waals surface area contributed by atoms with E-state index < -0.39 is 5.41 Å². The molecular formula is C55H40. The van der Waals surface area contributed by atoms with E-state index in [0.717, 1.165) is 0 Å². The molecule has 3 aliphatic carbocycles. The van der Waals surface area contributed by atoms with E-state index in [-0.39, 0.29) is 5.92 Å². The fraction of sp³-hybridized carbons (Fsp3) is 0.0909. The zero-order valence-electron chi connectivity index (χ0n) is 31.2. The molecule has 11 rings (SSSR count). The number of fused-ring (bicyclic) bond motifs is 13. The summed E-state index contributed by atoms with van der Waals surface area (Å²) in [5, 5.41) is 0. The van der Waals surface area contributed by atoms with Crippen LogP contribution in [0.4, 0.5) is 0 Å². The monoisotopic (exact) mass is 700 g/mol. The normalized spacial score (nSPS) is 15.4. The molecule has 2 atom stereocenters. The molecule has 0 saturated carbocycles. The maximum absolute atomic E-state index is 4.21. The minimum Gasteiger partial charge on any atom is -0.0985 e. The molecule has 0 saturated heterocycles. The Balaban J connectivity index is 1.17. The van der Waals surface area contributed by atoms with Gasteiger partial charge in [-0.25, -0.2) is 0 Å². The third-order valence-electron chi connectivity index (χ3n) is 13.1. The number of hydrogen-bond donors (Lipinski definition) is 0. The second-order valence-electron chi connectivity index (χ2n) is 15.6.